The molecule has 0 aromatic carbocycles. The molecule has 2 unspecified atom stereocenters. The van der Waals surface area contributed by atoms with Crippen LogP contribution in [-0.4, -0.2) is 42.2 Å². The number of likely N-dealkylation sites (tertiary alicyclic amines) is 1. The van der Waals surface area contributed by atoms with E-state index in [1.807, 2.05) is 0 Å². The monoisotopic (exact) mass is 234 g/mol. The topological polar surface area (TPSA) is 87.8 Å². The van der Waals surface area contributed by atoms with Crippen LogP contribution in [0.2, 0.25) is 0 Å². The molecule has 6 heteroatoms. The third-order valence-electron chi connectivity index (χ3n) is 3.63. The smallest absolute Gasteiger partial charge is 0.121 e. The Morgan fingerprint density at radius 3 is 3.00 bits per heavy atom. The van der Waals surface area contributed by atoms with Crippen molar-refractivity contribution in [2.45, 2.75) is 43.8 Å². The molecule has 92 valence electrons. The molecule has 1 heterocycles. The van der Waals surface area contributed by atoms with Gasteiger partial charge in [-0.3, -0.25) is 10.2 Å². The highest BCUT2D eigenvalue weighted by Gasteiger charge is 2.46. The molecule has 2 rings (SSSR count). The maximum Gasteiger partial charge on any atom is 0.121 e. The molecule has 1 N–H and O–H groups in total. The first kappa shape index (κ1) is 12.2. The van der Waals surface area contributed by atoms with Gasteiger partial charge in [0, 0.05) is 36.6 Å². The minimum atomic E-state index is -0.451. The fourth-order valence-electron chi connectivity index (χ4n) is 2.69. The third-order valence-corrected chi connectivity index (χ3v) is 3.63. The summed E-state index contributed by atoms with van der Waals surface area (Å²) >= 11 is 0. The lowest BCUT2D eigenvalue weighted by atomic mass is 9.98. The van der Waals surface area contributed by atoms with Crippen molar-refractivity contribution >= 4 is 0 Å². The van der Waals surface area contributed by atoms with E-state index in [-0.39, 0.29) is 0 Å². The molecule has 2 aliphatic rings. The molecule has 1 saturated carbocycles. The summed E-state index contributed by atoms with van der Waals surface area (Å²) in [6, 6.07) is 3.57. The van der Waals surface area contributed by atoms with Gasteiger partial charge < -0.3 is 0 Å². The molecular weight excluding hydrogens is 216 g/mol. The molecule has 1 aliphatic heterocycles. The first-order valence-corrected chi connectivity index (χ1v) is 6.14. The summed E-state index contributed by atoms with van der Waals surface area (Å²) in [5.74, 6) is 0. The average molecular weight is 234 g/mol. The van der Waals surface area contributed by atoms with E-state index in [0.29, 0.717) is 25.2 Å². The van der Waals surface area contributed by atoms with Crippen molar-refractivity contribution < 1.29 is 0 Å². The Balaban J connectivity index is 1.91. The van der Waals surface area contributed by atoms with Crippen LogP contribution in [0.15, 0.2) is 5.11 Å². The number of rotatable bonds is 5. The van der Waals surface area contributed by atoms with E-state index in [1.54, 1.807) is 0 Å². The van der Waals surface area contributed by atoms with Crippen LogP contribution in [0.3, 0.4) is 0 Å². The molecule has 0 spiro atoms. The van der Waals surface area contributed by atoms with Gasteiger partial charge >= 0.3 is 0 Å². The molecule has 1 saturated heterocycles. The van der Waals surface area contributed by atoms with Gasteiger partial charge in [0.1, 0.15) is 5.54 Å². The fraction of sp³-hybridized carbons (Fsp3) is 0.909. The molecule has 0 radical (unpaired) electrons. The van der Waals surface area contributed by atoms with Crippen LogP contribution in [0.25, 0.3) is 10.4 Å². The average Bonchev–Trinajstić information content (AvgIpc) is 3.11. The number of hydrogen-bond donors (Lipinski definition) is 1. The van der Waals surface area contributed by atoms with Crippen molar-refractivity contribution in [2.75, 3.05) is 19.6 Å². The zero-order chi connectivity index (χ0) is 12.3. The van der Waals surface area contributed by atoms with Gasteiger partial charge in [-0.15, -0.1) is 0 Å². The first-order valence-electron chi connectivity index (χ1n) is 6.14. The number of nitriles is 1. The predicted molar refractivity (Wildman–Crippen MR) is 64.2 cm³/mol. The second-order valence-electron chi connectivity index (χ2n) is 5.03. The lowest BCUT2D eigenvalue weighted by molar-refractivity contribution is 0.250. The molecular formula is C11H18N6. The summed E-state index contributed by atoms with van der Waals surface area (Å²) in [6.07, 6.45) is 3.39. The maximum absolute atomic E-state index is 9.37. The van der Waals surface area contributed by atoms with Crippen molar-refractivity contribution in [2.24, 2.45) is 5.11 Å². The van der Waals surface area contributed by atoms with E-state index in [2.05, 4.69) is 33.2 Å². The normalized spacial score (nSPS) is 33.1. The van der Waals surface area contributed by atoms with Crippen LogP contribution in [0, 0.1) is 11.3 Å². The number of azide groups is 1. The zero-order valence-corrected chi connectivity index (χ0v) is 10.1. The minimum Gasteiger partial charge on any atom is -0.298 e. The van der Waals surface area contributed by atoms with Gasteiger partial charge in [0.2, 0.25) is 0 Å². The Morgan fingerprint density at radius 1 is 1.65 bits per heavy atom. The predicted octanol–water partition coefficient (Wildman–Crippen LogP) is 1.41. The Kier molecular flexibility index (Phi) is 3.53. The van der Waals surface area contributed by atoms with Crippen molar-refractivity contribution in [3.63, 3.8) is 0 Å². The van der Waals surface area contributed by atoms with Gasteiger partial charge in [0.15, 0.2) is 0 Å². The Hall–Kier alpha value is -1.28. The Labute approximate surface area is 101 Å². The fourth-order valence-corrected chi connectivity index (χ4v) is 2.69. The SMILES string of the molecule is CC1CC(C#N)(NCCN=[N+]=[N-])CN1C1CC1. The van der Waals surface area contributed by atoms with Crippen LogP contribution in [0.4, 0.5) is 0 Å². The zero-order valence-electron chi connectivity index (χ0n) is 10.1. The van der Waals surface area contributed by atoms with Gasteiger partial charge in [-0.05, 0) is 31.7 Å². The van der Waals surface area contributed by atoms with Crippen LogP contribution < -0.4 is 5.32 Å². The highest BCUT2D eigenvalue weighted by molar-refractivity contribution is 5.16. The molecule has 2 fully saturated rings. The minimum absolute atomic E-state index is 0.401. The molecule has 0 aromatic rings. The molecule has 17 heavy (non-hydrogen) atoms. The highest BCUT2D eigenvalue weighted by Crippen LogP contribution is 2.36. The van der Waals surface area contributed by atoms with E-state index in [1.165, 1.54) is 12.8 Å². The van der Waals surface area contributed by atoms with Crippen molar-refractivity contribution in [1.82, 2.24) is 10.2 Å². The van der Waals surface area contributed by atoms with Gasteiger partial charge in [0.25, 0.3) is 0 Å². The summed E-state index contributed by atoms with van der Waals surface area (Å²) in [7, 11) is 0. The lowest BCUT2D eigenvalue weighted by Crippen LogP contribution is -2.47. The van der Waals surface area contributed by atoms with Crippen LogP contribution >= 0.6 is 0 Å². The third kappa shape index (κ3) is 2.70. The van der Waals surface area contributed by atoms with Crippen LogP contribution in [0.5, 0.6) is 0 Å². The second kappa shape index (κ2) is 4.92. The number of nitrogens with zero attached hydrogens (tertiary/aromatic N) is 5. The summed E-state index contributed by atoms with van der Waals surface area (Å²) in [6.45, 7) is 3.96. The van der Waals surface area contributed by atoms with Crippen LogP contribution in [-0.2, 0) is 0 Å². The quantitative estimate of drug-likeness (QED) is 0.337. The van der Waals surface area contributed by atoms with E-state index in [9.17, 15) is 5.26 Å². The van der Waals surface area contributed by atoms with Crippen LogP contribution in [0.1, 0.15) is 26.2 Å². The van der Waals surface area contributed by atoms with Crippen molar-refractivity contribution in [3.05, 3.63) is 10.4 Å². The van der Waals surface area contributed by atoms with Gasteiger partial charge in [0.05, 0.1) is 6.07 Å². The molecule has 2 atom stereocenters. The first-order chi connectivity index (χ1) is 8.21. The van der Waals surface area contributed by atoms with E-state index < -0.39 is 5.54 Å². The Bertz CT molecular complexity index is 365. The molecule has 0 aromatic heterocycles. The van der Waals surface area contributed by atoms with E-state index in [4.69, 9.17) is 5.53 Å². The summed E-state index contributed by atoms with van der Waals surface area (Å²) in [5.41, 5.74) is 7.75. The number of hydrogen-bond acceptors (Lipinski definition) is 4. The summed E-state index contributed by atoms with van der Waals surface area (Å²) < 4.78 is 0. The summed E-state index contributed by atoms with van der Waals surface area (Å²) in [4.78, 5) is 5.14. The largest absolute Gasteiger partial charge is 0.298 e. The molecule has 0 bridgehead atoms. The van der Waals surface area contributed by atoms with Gasteiger partial charge in [-0.2, -0.15) is 5.26 Å². The molecule has 6 nitrogen and oxygen atoms in total. The van der Waals surface area contributed by atoms with E-state index >= 15 is 0 Å². The van der Waals surface area contributed by atoms with Gasteiger partial charge in [-0.25, -0.2) is 0 Å². The highest BCUT2D eigenvalue weighted by atomic mass is 15.3. The second-order valence-corrected chi connectivity index (χ2v) is 5.03. The van der Waals surface area contributed by atoms with Gasteiger partial charge in [-0.1, -0.05) is 5.11 Å². The molecule has 1 aliphatic carbocycles. The maximum atomic E-state index is 9.37. The Morgan fingerprint density at radius 2 is 2.41 bits per heavy atom. The summed E-state index contributed by atoms with van der Waals surface area (Å²) in [5, 5.41) is 16.1. The lowest BCUT2D eigenvalue weighted by Gasteiger charge is -2.23. The number of nitrogens with one attached hydrogen (secondary N) is 1. The standard InChI is InChI=1S/C11H18N6/c1-9-6-11(7-12,14-4-5-15-16-13)8-17(9)10-2-3-10/h9-10,14H,2-6,8H2,1H3. The molecule has 0 amide bonds. The van der Waals surface area contributed by atoms with E-state index in [0.717, 1.165) is 13.0 Å². The van der Waals surface area contributed by atoms with Crippen molar-refractivity contribution in [3.8, 4) is 6.07 Å². The van der Waals surface area contributed by atoms with Crippen molar-refractivity contribution in [1.29, 1.82) is 5.26 Å².